The summed E-state index contributed by atoms with van der Waals surface area (Å²) in [7, 11) is 0. The topological polar surface area (TPSA) is 58.3 Å². The van der Waals surface area contributed by atoms with E-state index < -0.39 is 5.60 Å². The molecule has 98 valence electrons. The molecule has 3 unspecified atom stereocenters. The van der Waals surface area contributed by atoms with Crippen molar-refractivity contribution in [2.24, 2.45) is 5.73 Å². The Balaban J connectivity index is 1.93. The molecular weight excluding hydrogens is 224 g/mol. The number of rotatable bonds is 1. The molecule has 4 N–H and O–H groups in total. The highest BCUT2D eigenvalue weighted by molar-refractivity contribution is 5.34. The molecule has 1 fully saturated rings. The lowest BCUT2D eigenvalue weighted by Gasteiger charge is -2.44. The monoisotopic (exact) mass is 246 g/mol. The zero-order chi connectivity index (χ0) is 12.6. The van der Waals surface area contributed by atoms with E-state index in [1.165, 1.54) is 11.1 Å². The molecule has 1 aliphatic carbocycles. The molecule has 18 heavy (non-hydrogen) atoms. The molecular formula is C15H22N2O. The molecule has 1 saturated carbocycles. The van der Waals surface area contributed by atoms with Crippen LogP contribution >= 0.6 is 0 Å². The van der Waals surface area contributed by atoms with E-state index in [0.29, 0.717) is 6.42 Å². The van der Waals surface area contributed by atoms with E-state index in [1.54, 1.807) is 0 Å². The summed E-state index contributed by atoms with van der Waals surface area (Å²) in [5.74, 6) is 0. The van der Waals surface area contributed by atoms with Crippen molar-refractivity contribution < 1.29 is 5.11 Å². The molecule has 3 rings (SSSR count). The molecule has 0 amide bonds. The number of hydrogen-bond donors (Lipinski definition) is 3. The van der Waals surface area contributed by atoms with Gasteiger partial charge in [0.25, 0.3) is 0 Å². The van der Waals surface area contributed by atoms with E-state index in [0.717, 1.165) is 32.2 Å². The summed E-state index contributed by atoms with van der Waals surface area (Å²) in [6.07, 6.45) is 4.68. The maximum atomic E-state index is 11.0. The van der Waals surface area contributed by atoms with Crippen LogP contribution in [0.4, 0.5) is 0 Å². The summed E-state index contributed by atoms with van der Waals surface area (Å²) in [5.41, 5.74) is 8.01. The van der Waals surface area contributed by atoms with Gasteiger partial charge in [-0.1, -0.05) is 24.3 Å². The normalized spacial score (nSPS) is 36.1. The van der Waals surface area contributed by atoms with Gasteiger partial charge in [0.2, 0.25) is 0 Å². The van der Waals surface area contributed by atoms with Crippen LogP contribution in [0.25, 0.3) is 0 Å². The Morgan fingerprint density at radius 1 is 1.33 bits per heavy atom. The maximum Gasteiger partial charge on any atom is 0.0856 e. The minimum atomic E-state index is -0.672. The molecule has 1 heterocycles. The van der Waals surface area contributed by atoms with Crippen molar-refractivity contribution in [1.82, 2.24) is 5.32 Å². The van der Waals surface area contributed by atoms with Crippen molar-refractivity contribution in [3.8, 4) is 0 Å². The van der Waals surface area contributed by atoms with Crippen LogP contribution in [0.5, 0.6) is 0 Å². The van der Waals surface area contributed by atoms with Gasteiger partial charge in [-0.25, -0.2) is 0 Å². The number of nitrogens with two attached hydrogens (primary N) is 1. The summed E-state index contributed by atoms with van der Waals surface area (Å²) in [6, 6.07) is 8.65. The van der Waals surface area contributed by atoms with Crippen molar-refractivity contribution in [1.29, 1.82) is 0 Å². The second-order valence-corrected chi connectivity index (χ2v) is 5.80. The fraction of sp³-hybridized carbons (Fsp3) is 0.600. The summed E-state index contributed by atoms with van der Waals surface area (Å²) in [5, 5.41) is 14.5. The smallest absolute Gasteiger partial charge is 0.0856 e. The second-order valence-electron chi connectivity index (χ2n) is 5.80. The summed E-state index contributed by atoms with van der Waals surface area (Å²) < 4.78 is 0. The molecule has 2 aliphatic rings. The van der Waals surface area contributed by atoms with E-state index in [-0.39, 0.29) is 12.1 Å². The first kappa shape index (κ1) is 12.2. The molecule has 0 bridgehead atoms. The molecule has 0 spiro atoms. The molecule has 3 nitrogen and oxygen atoms in total. The highest BCUT2D eigenvalue weighted by Gasteiger charge is 2.42. The molecule has 1 aromatic rings. The van der Waals surface area contributed by atoms with Crippen LogP contribution in [-0.4, -0.2) is 23.3 Å². The standard InChI is InChI=1S/C15H22N2O/c16-12-5-3-8-15(18,10-12)14-13-6-2-1-4-11(13)7-9-17-14/h1-2,4,6,12,14,17-18H,3,5,7-10,16H2. The Labute approximate surface area is 108 Å². The number of fused-ring (bicyclic) bond motifs is 1. The zero-order valence-corrected chi connectivity index (χ0v) is 10.7. The maximum absolute atomic E-state index is 11.0. The molecule has 0 saturated heterocycles. The van der Waals surface area contributed by atoms with Crippen LogP contribution in [0, 0.1) is 0 Å². The first-order valence-electron chi connectivity index (χ1n) is 6.98. The predicted molar refractivity (Wildman–Crippen MR) is 72.3 cm³/mol. The van der Waals surface area contributed by atoms with E-state index in [4.69, 9.17) is 5.73 Å². The van der Waals surface area contributed by atoms with Gasteiger partial charge in [0.05, 0.1) is 11.6 Å². The van der Waals surface area contributed by atoms with Gasteiger partial charge in [0.15, 0.2) is 0 Å². The minimum absolute atomic E-state index is 0.0498. The van der Waals surface area contributed by atoms with Gasteiger partial charge in [-0.2, -0.15) is 0 Å². The number of benzene rings is 1. The van der Waals surface area contributed by atoms with Crippen LogP contribution in [0.2, 0.25) is 0 Å². The van der Waals surface area contributed by atoms with E-state index in [9.17, 15) is 5.11 Å². The molecule has 1 aromatic carbocycles. The van der Waals surface area contributed by atoms with Crippen LogP contribution in [-0.2, 0) is 6.42 Å². The average Bonchev–Trinajstić information content (AvgIpc) is 2.38. The summed E-state index contributed by atoms with van der Waals surface area (Å²) in [6.45, 7) is 0.944. The van der Waals surface area contributed by atoms with E-state index >= 15 is 0 Å². The largest absolute Gasteiger partial charge is 0.388 e. The highest BCUT2D eigenvalue weighted by Crippen LogP contribution is 2.40. The number of hydrogen-bond acceptors (Lipinski definition) is 3. The average molecular weight is 246 g/mol. The lowest BCUT2D eigenvalue weighted by atomic mass is 9.73. The zero-order valence-electron chi connectivity index (χ0n) is 10.7. The Hall–Kier alpha value is -0.900. The fourth-order valence-corrected chi connectivity index (χ4v) is 3.57. The Kier molecular flexibility index (Phi) is 3.14. The van der Waals surface area contributed by atoms with Crippen LogP contribution in [0.15, 0.2) is 24.3 Å². The van der Waals surface area contributed by atoms with Gasteiger partial charge in [0.1, 0.15) is 0 Å². The quantitative estimate of drug-likeness (QED) is 0.704. The van der Waals surface area contributed by atoms with Crippen LogP contribution in [0.1, 0.15) is 42.9 Å². The molecule has 1 aliphatic heterocycles. The van der Waals surface area contributed by atoms with Gasteiger partial charge in [-0.3, -0.25) is 0 Å². The first-order valence-corrected chi connectivity index (χ1v) is 6.98. The highest BCUT2D eigenvalue weighted by atomic mass is 16.3. The van der Waals surface area contributed by atoms with Crippen LogP contribution < -0.4 is 11.1 Å². The molecule has 0 radical (unpaired) electrons. The van der Waals surface area contributed by atoms with Gasteiger partial charge < -0.3 is 16.2 Å². The van der Waals surface area contributed by atoms with Crippen molar-refractivity contribution in [2.75, 3.05) is 6.54 Å². The molecule has 0 aromatic heterocycles. The van der Waals surface area contributed by atoms with E-state index in [1.807, 2.05) is 0 Å². The molecule has 3 atom stereocenters. The fourth-order valence-electron chi connectivity index (χ4n) is 3.57. The Morgan fingerprint density at radius 2 is 2.17 bits per heavy atom. The lowest BCUT2D eigenvalue weighted by Crippen LogP contribution is -2.52. The van der Waals surface area contributed by atoms with Gasteiger partial charge >= 0.3 is 0 Å². The van der Waals surface area contributed by atoms with Gasteiger partial charge in [-0.15, -0.1) is 0 Å². The molecule has 3 heteroatoms. The SMILES string of the molecule is NC1CCCC(O)(C2NCCc3ccccc32)C1. The third-order valence-corrected chi connectivity index (χ3v) is 4.45. The van der Waals surface area contributed by atoms with Crippen molar-refractivity contribution in [2.45, 2.75) is 49.8 Å². The Bertz CT molecular complexity index is 434. The lowest BCUT2D eigenvalue weighted by molar-refractivity contribution is -0.0386. The first-order chi connectivity index (χ1) is 8.69. The van der Waals surface area contributed by atoms with E-state index in [2.05, 4.69) is 29.6 Å². The van der Waals surface area contributed by atoms with Crippen LogP contribution in [0.3, 0.4) is 0 Å². The van der Waals surface area contributed by atoms with Gasteiger partial charge in [0, 0.05) is 6.04 Å². The van der Waals surface area contributed by atoms with Crippen molar-refractivity contribution in [3.05, 3.63) is 35.4 Å². The predicted octanol–water partition coefficient (Wildman–Crippen LogP) is 1.51. The summed E-state index contributed by atoms with van der Waals surface area (Å²) in [4.78, 5) is 0. The third-order valence-electron chi connectivity index (χ3n) is 4.45. The third kappa shape index (κ3) is 2.07. The van der Waals surface area contributed by atoms with Gasteiger partial charge in [-0.05, 0) is 49.8 Å². The second kappa shape index (κ2) is 4.65. The summed E-state index contributed by atoms with van der Waals surface area (Å²) >= 11 is 0. The minimum Gasteiger partial charge on any atom is -0.388 e. The Morgan fingerprint density at radius 3 is 3.00 bits per heavy atom. The van der Waals surface area contributed by atoms with Crippen molar-refractivity contribution >= 4 is 0 Å². The van der Waals surface area contributed by atoms with Crippen molar-refractivity contribution in [3.63, 3.8) is 0 Å². The number of aliphatic hydroxyl groups is 1. The number of nitrogens with one attached hydrogen (secondary N) is 1.